The maximum atomic E-state index is 13.4. The molecule has 0 aliphatic heterocycles. The first-order chi connectivity index (χ1) is 14.9. The molecule has 1 fully saturated rings. The summed E-state index contributed by atoms with van der Waals surface area (Å²) in [5, 5.41) is 23.1. The number of nitrogens with zero attached hydrogens (tertiary/aromatic N) is 2. The predicted octanol–water partition coefficient (Wildman–Crippen LogP) is 6.34. The summed E-state index contributed by atoms with van der Waals surface area (Å²) in [7, 11) is 0. The van der Waals surface area contributed by atoms with Gasteiger partial charge in [-0.3, -0.25) is 0 Å². The van der Waals surface area contributed by atoms with Crippen molar-refractivity contribution in [2.45, 2.75) is 24.4 Å². The molecule has 0 bridgehead atoms. The molecule has 1 aromatic heterocycles. The summed E-state index contributed by atoms with van der Waals surface area (Å²) in [4.78, 5) is 0. The van der Waals surface area contributed by atoms with Crippen LogP contribution in [0.3, 0.4) is 0 Å². The van der Waals surface area contributed by atoms with Crippen molar-refractivity contribution in [3.63, 3.8) is 0 Å². The number of fused-ring (bicyclic) bond motifs is 1. The SMILES string of the molecule is Oc1cccc(Nc2nnc(-c3ccc(C4(C(F)(F)F)CC4)cc3)c3ccccc23)c1. The Balaban J connectivity index is 1.53. The van der Waals surface area contributed by atoms with Crippen LogP contribution >= 0.6 is 0 Å². The molecule has 1 saturated carbocycles. The summed E-state index contributed by atoms with van der Waals surface area (Å²) >= 11 is 0. The summed E-state index contributed by atoms with van der Waals surface area (Å²) in [6, 6.07) is 20.7. The second-order valence-corrected chi connectivity index (χ2v) is 7.78. The molecule has 2 N–H and O–H groups in total. The number of rotatable bonds is 4. The number of aromatic nitrogens is 2. The van der Waals surface area contributed by atoms with E-state index >= 15 is 0 Å². The number of hydrogen-bond acceptors (Lipinski definition) is 4. The number of benzene rings is 3. The summed E-state index contributed by atoms with van der Waals surface area (Å²) in [6.07, 6.45) is -3.97. The lowest BCUT2D eigenvalue weighted by Gasteiger charge is -2.20. The first-order valence-corrected chi connectivity index (χ1v) is 9.86. The van der Waals surface area contributed by atoms with Crippen LogP contribution in [0.1, 0.15) is 18.4 Å². The molecular formula is C24H18F3N3O. The van der Waals surface area contributed by atoms with Gasteiger partial charge in [0.25, 0.3) is 0 Å². The second kappa shape index (κ2) is 6.97. The minimum atomic E-state index is -4.24. The second-order valence-electron chi connectivity index (χ2n) is 7.78. The minimum Gasteiger partial charge on any atom is -0.508 e. The quantitative estimate of drug-likeness (QED) is 0.404. The van der Waals surface area contributed by atoms with Crippen molar-refractivity contribution >= 4 is 22.3 Å². The van der Waals surface area contributed by atoms with Crippen molar-refractivity contribution < 1.29 is 18.3 Å². The van der Waals surface area contributed by atoms with Crippen LogP contribution in [0.2, 0.25) is 0 Å². The molecule has 3 aromatic carbocycles. The van der Waals surface area contributed by atoms with Gasteiger partial charge in [0.1, 0.15) is 11.4 Å². The zero-order valence-electron chi connectivity index (χ0n) is 16.3. The van der Waals surface area contributed by atoms with Crippen LogP contribution in [-0.4, -0.2) is 21.5 Å². The van der Waals surface area contributed by atoms with E-state index in [-0.39, 0.29) is 18.6 Å². The first-order valence-electron chi connectivity index (χ1n) is 9.86. The van der Waals surface area contributed by atoms with Crippen LogP contribution in [0.5, 0.6) is 5.75 Å². The zero-order chi connectivity index (χ0) is 21.6. The molecule has 5 rings (SSSR count). The molecule has 31 heavy (non-hydrogen) atoms. The number of halogens is 3. The maximum absolute atomic E-state index is 13.4. The van der Waals surface area contributed by atoms with E-state index < -0.39 is 11.6 Å². The van der Waals surface area contributed by atoms with E-state index in [9.17, 15) is 18.3 Å². The Morgan fingerprint density at radius 2 is 1.55 bits per heavy atom. The van der Waals surface area contributed by atoms with Crippen molar-refractivity contribution in [1.82, 2.24) is 10.2 Å². The number of nitrogens with one attached hydrogen (secondary N) is 1. The Morgan fingerprint density at radius 1 is 0.839 bits per heavy atom. The third-order valence-corrected chi connectivity index (χ3v) is 5.80. The van der Waals surface area contributed by atoms with E-state index in [2.05, 4.69) is 15.5 Å². The van der Waals surface area contributed by atoms with Crippen LogP contribution in [0.25, 0.3) is 22.0 Å². The van der Waals surface area contributed by atoms with Crippen LogP contribution in [0.15, 0.2) is 72.8 Å². The number of anilines is 2. The van der Waals surface area contributed by atoms with Crippen molar-refractivity contribution in [3.8, 4) is 17.0 Å². The van der Waals surface area contributed by atoms with Gasteiger partial charge in [0, 0.05) is 28.1 Å². The van der Waals surface area contributed by atoms with Gasteiger partial charge in [-0.25, -0.2) is 0 Å². The summed E-state index contributed by atoms with van der Waals surface area (Å²) < 4.78 is 40.3. The standard InChI is InChI=1S/C24H18F3N3O/c25-24(26,27)23(12-13-23)16-10-8-15(9-11-16)21-19-6-1-2-7-20(19)22(30-29-21)28-17-4-3-5-18(31)14-17/h1-11,14,31H,12-13H2,(H,28,30). The molecule has 0 radical (unpaired) electrons. The fourth-order valence-electron chi connectivity index (χ4n) is 3.94. The number of hydrogen-bond donors (Lipinski definition) is 2. The lowest BCUT2D eigenvalue weighted by molar-refractivity contribution is -0.160. The average Bonchev–Trinajstić information content (AvgIpc) is 3.57. The van der Waals surface area contributed by atoms with Gasteiger partial charge in [-0.05, 0) is 30.5 Å². The van der Waals surface area contributed by atoms with Crippen molar-refractivity contribution in [2.75, 3.05) is 5.32 Å². The third-order valence-electron chi connectivity index (χ3n) is 5.80. The Kier molecular flexibility index (Phi) is 4.36. The van der Waals surface area contributed by atoms with Crippen LogP contribution in [0, 0.1) is 0 Å². The van der Waals surface area contributed by atoms with Crippen LogP contribution in [0.4, 0.5) is 24.7 Å². The number of phenols is 1. The van der Waals surface area contributed by atoms with Gasteiger partial charge >= 0.3 is 6.18 Å². The lowest BCUT2D eigenvalue weighted by Crippen LogP contribution is -2.28. The summed E-state index contributed by atoms with van der Waals surface area (Å²) in [5.41, 5.74) is 0.560. The van der Waals surface area contributed by atoms with Crippen molar-refractivity contribution in [1.29, 1.82) is 0 Å². The number of phenolic OH excluding ortho intramolecular Hbond substituents is 1. The molecule has 1 aliphatic carbocycles. The first kappa shape index (κ1) is 19.4. The molecule has 0 amide bonds. The molecule has 1 aliphatic rings. The van der Waals surface area contributed by atoms with E-state index in [1.807, 2.05) is 24.3 Å². The van der Waals surface area contributed by atoms with Crippen LogP contribution in [-0.2, 0) is 5.41 Å². The van der Waals surface area contributed by atoms with Crippen LogP contribution < -0.4 is 5.32 Å². The molecule has 0 unspecified atom stereocenters. The molecule has 7 heteroatoms. The van der Waals surface area contributed by atoms with Crippen molar-refractivity contribution in [3.05, 3.63) is 78.4 Å². The van der Waals surface area contributed by atoms with E-state index in [0.717, 1.165) is 10.8 Å². The zero-order valence-corrected chi connectivity index (χ0v) is 16.3. The minimum absolute atomic E-state index is 0.131. The highest BCUT2D eigenvalue weighted by molar-refractivity contribution is 6.00. The highest BCUT2D eigenvalue weighted by atomic mass is 19.4. The number of alkyl halides is 3. The Morgan fingerprint density at radius 3 is 2.19 bits per heavy atom. The normalized spacial score (nSPS) is 15.1. The molecule has 4 aromatic rings. The average molecular weight is 421 g/mol. The fraction of sp³-hybridized carbons (Fsp3) is 0.167. The molecule has 0 saturated heterocycles. The molecule has 1 heterocycles. The predicted molar refractivity (Wildman–Crippen MR) is 113 cm³/mol. The van der Waals surface area contributed by atoms with E-state index in [0.29, 0.717) is 28.3 Å². The molecule has 4 nitrogen and oxygen atoms in total. The van der Waals surface area contributed by atoms with Gasteiger partial charge in [0.15, 0.2) is 5.82 Å². The molecule has 0 spiro atoms. The Bertz CT molecular complexity index is 1270. The van der Waals surface area contributed by atoms with Gasteiger partial charge in [-0.1, -0.05) is 54.6 Å². The highest BCUT2D eigenvalue weighted by Crippen LogP contribution is 2.59. The smallest absolute Gasteiger partial charge is 0.398 e. The van der Waals surface area contributed by atoms with E-state index in [1.165, 1.54) is 0 Å². The van der Waals surface area contributed by atoms with Gasteiger partial charge in [0.2, 0.25) is 0 Å². The maximum Gasteiger partial charge on any atom is 0.398 e. The fourth-order valence-corrected chi connectivity index (χ4v) is 3.94. The van der Waals surface area contributed by atoms with Gasteiger partial charge < -0.3 is 10.4 Å². The Labute approximate surface area is 176 Å². The largest absolute Gasteiger partial charge is 0.508 e. The lowest BCUT2D eigenvalue weighted by atomic mass is 9.93. The van der Waals surface area contributed by atoms with Crippen molar-refractivity contribution in [2.24, 2.45) is 0 Å². The molecular weight excluding hydrogens is 403 g/mol. The monoisotopic (exact) mass is 421 g/mol. The van der Waals surface area contributed by atoms with Gasteiger partial charge in [-0.2, -0.15) is 13.2 Å². The molecule has 156 valence electrons. The third kappa shape index (κ3) is 3.36. The van der Waals surface area contributed by atoms with Gasteiger partial charge in [-0.15, -0.1) is 10.2 Å². The summed E-state index contributed by atoms with van der Waals surface area (Å²) in [5.74, 6) is 0.654. The number of aromatic hydroxyl groups is 1. The molecule has 0 atom stereocenters. The summed E-state index contributed by atoms with van der Waals surface area (Å²) in [6.45, 7) is 0. The topological polar surface area (TPSA) is 58.0 Å². The Hall–Kier alpha value is -3.61. The van der Waals surface area contributed by atoms with E-state index in [4.69, 9.17) is 0 Å². The van der Waals surface area contributed by atoms with E-state index in [1.54, 1.807) is 48.5 Å². The highest BCUT2D eigenvalue weighted by Gasteiger charge is 2.64. The van der Waals surface area contributed by atoms with Gasteiger partial charge in [0.05, 0.1) is 5.41 Å².